The van der Waals surface area contributed by atoms with E-state index >= 15 is 0 Å². The molecule has 0 amide bonds. The maximum absolute atomic E-state index is 11.3. The molecule has 0 spiro atoms. The molecular formula is C15H14BrNO3. The van der Waals surface area contributed by atoms with Crippen LogP contribution in [0.15, 0.2) is 41.0 Å². The van der Waals surface area contributed by atoms with Gasteiger partial charge in [-0.3, -0.25) is 4.98 Å². The molecule has 1 heterocycles. The van der Waals surface area contributed by atoms with Gasteiger partial charge in [-0.15, -0.1) is 0 Å². The number of halogens is 1. The second-order valence-corrected chi connectivity index (χ2v) is 5.14. The van der Waals surface area contributed by atoms with Crippen molar-refractivity contribution in [3.63, 3.8) is 0 Å². The first-order valence-corrected chi connectivity index (χ1v) is 6.81. The molecule has 1 aromatic heterocycles. The van der Waals surface area contributed by atoms with Crippen LogP contribution in [-0.4, -0.2) is 18.1 Å². The molecule has 1 aromatic carbocycles. The van der Waals surface area contributed by atoms with Crippen LogP contribution in [0.5, 0.6) is 5.75 Å². The van der Waals surface area contributed by atoms with Crippen LogP contribution < -0.4 is 4.74 Å². The normalized spacial score (nSPS) is 10.2. The van der Waals surface area contributed by atoms with E-state index in [9.17, 15) is 4.79 Å². The third kappa shape index (κ3) is 3.57. The van der Waals surface area contributed by atoms with Crippen LogP contribution >= 0.6 is 15.9 Å². The van der Waals surface area contributed by atoms with Crippen LogP contribution in [0.2, 0.25) is 0 Å². The SMILES string of the molecule is COC(=O)c1ccc(COc2ccc(Br)cc2C)nc1. The van der Waals surface area contributed by atoms with Crippen LogP contribution in [0.4, 0.5) is 0 Å². The molecule has 0 fully saturated rings. The molecule has 0 atom stereocenters. The van der Waals surface area contributed by atoms with Gasteiger partial charge in [0, 0.05) is 10.7 Å². The smallest absolute Gasteiger partial charge is 0.339 e. The Balaban J connectivity index is 2.02. The molecule has 2 aromatic rings. The Hall–Kier alpha value is -1.88. The number of nitrogens with zero attached hydrogens (tertiary/aromatic N) is 1. The van der Waals surface area contributed by atoms with E-state index in [1.807, 2.05) is 25.1 Å². The lowest BCUT2D eigenvalue weighted by Gasteiger charge is -2.09. The molecule has 0 aliphatic heterocycles. The molecule has 2 rings (SSSR count). The highest BCUT2D eigenvalue weighted by Gasteiger charge is 2.06. The van der Waals surface area contributed by atoms with Gasteiger partial charge in [0.2, 0.25) is 0 Å². The zero-order chi connectivity index (χ0) is 14.5. The average molecular weight is 336 g/mol. The fraction of sp³-hybridized carbons (Fsp3) is 0.200. The Kier molecular flexibility index (Phi) is 4.74. The van der Waals surface area contributed by atoms with E-state index in [1.54, 1.807) is 12.1 Å². The van der Waals surface area contributed by atoms with Crippen molar-refractivity contribution in [2.24, 2.45) is 0 Å². The Morgan fingerprint density at radius 2 is 2.10 bits per heavy atom. The molecular weight excluding hydrogens is 322 g/mol. The lowest BCUT2D eigenvalue weighted by Crippen LogP contribution is -2.04. The highest BCUT2D eigenvalue weighted by molar-refractivity contribution is 9.10. The van der Waals surface area contributed by atoms with Crippen molar-refractivity contribution >= 4 is 21.9 Å². The van der Waals surface area contributed by atoms with Crippen molar-refractivity contribution in [2.45, 2.75) is 13.5 Å². The standard InChI is InChI=1S/C15H14BrNO3/c1-10-7-12(16)4-6-14(10)20-9-13-5-3-11(8-17-13)15(18)19-2/h3-8H,9H2,1-2H3. The Labute approximate surface area is 125 Å². The summed E-state index contributed by atoms with van der Waals surface area (Å²) < 4.78 is 11.3. The number of methoxy groups -OCH3 is 1. The summed E-state index contributed by atoms with van der Waals surface area (Å²) in [5.74, 6) is 0.417. The summed E-state index contributed by atoms with van der Waals surface area (Å²) in [5, 5.41) is 0. The lowest BCUT2D eigenvalue weighted by atomic mass is 10.2. The van der Waals surface area contributed by atoms with E-state index in [4.69, 9.17) is 4.74 Å². The second kappa shape index (κ2) is 6.52. The molecule has 5 heteroatoms. The van der Waals surface area contributed by atoms with Crippen LogP contribution in [0.1, 0.15) is 21.6 Å². The number of rotatable bonds is 4. The number of benzene rings is 1. The van der Waals surface area contributed by atoms with Gasteiger partial charge >= 0.3 is 5.97 Å². The number of ether oxygens (including phenoxy) is 2. The van der Waals surface area contributed by atoms with Crippen LogP contribution in [0.3, 0.4) is 0 Å². The van der Waals surface area contributed by atoms with Crippen molar-refractivity contribution in [1.29, 1.82) is 0 Å². The predicted octanol–water partition coefficient (Wildman–Crippen LogP) is 3.52. The third-order valence-electron chi connectivity index (χ3n) is 2.76. The monoisotopic (exact) mass is 335 g/mol. The van der Waals surface area contributed by atoms with Crippen molar-refractivity contribution in [3.05, 3.63) is 57.8 Å². The maximum atomic E-state index is 11.3. The van der Waals surface area contributed by atoms with E-state index in [-0.39, 0.29) is 0 Å². The zero-order valence-corrected chi connectivity index (χ0v) is 12.8. The van der Waals surface area contributed by atoms with Crippen LogP contribution in [0.25, 0.3) is 0 Å². The first-order chi connectivity index (χ1) is 9.60. The lowest BCUT2D eigenvalue weighted by molar-refractivity contribution is 0.0600. The average Bonchev–Trinajstić information content (AvgIpc) is 2.46. The number of aryl methyl sites for hydroxylation is 1. The van der Waals surface area contributed by atoms with E-state index < -0.39 is 5.97 Å². The van der Waals surface area contributed by atoms with Gasteiger partial charge in [0.15, 0.2) is 0 Å². The first kappa shape index (κ1) is 14.5. The third-order valence-corrected chi connectivity index (χ3v) is 3.25. The fourth-order valence-electron chi connectivity index (χ4n) is 1.67. The summed E-state index contributed by atoms with van der Waals surface area (Å²) in [7, 11) is 1.34. The maximum Gasteiger partial charge on any atom is 0.339 e. The van der Waals surface area contributed by atoms with Crippen molar-refractivity contribution < 1.29 is 14.3 Å². The van der Waals surface area contributed by atoms with E-state index in [1.165, 1.54) is 13.3 Å². The highest BCUT2D eigenvalue weighted by Crippen LogP contribution is 2.22. The van der Waals surface area contributed by atoms with E-state index in [2.05, 4.69) is 25.7 Å². The summed E-state index contributed by atoms with van der Waals surface area (Å²) in [6, 6.07) is 9.24. The van der Waals surface area contributed by atoms with Gasteiger partial charge in [0.25, 0.3) is 0 Å². The summed E-state index contributed by atoms with van der Waals surface area (Å²) >= 11 is 3.41. The largest absolute Gasteiger partial charge is 0.487 e. The molecule has 104 valence electrons. The van der Waals surface area contributed by atoms with Gasteiger partial charge < -0.3 is 9.47 Å². The highest BCUT2D eigenvalue weighted by atomic mass is 79.9. The van der Waals surface area contributed by atoms with Crippen LogP contribution in [-0.2, 0) is 11.3 Å². The molecule has 0 saturated carbocycles. The van der Waals surface area contributed by atoms with Crippen molar-refractivity contribution in [3.8, 4) is 5.75 Å². The summed E-state index contributed by atoms with van der Waals surface area (Å²) in [6.45, 7) is 2.33. The summed E-state index contributed by atoms with van der Waals surface area (Å²) in [5.41, 5.74) is 2.22. The van der Waals surface area contributed by atoms with Crippen molar-refractivity contribution in [1.82, 2.24) is 4.98 Å². The van der Waals surface area contributed by atoms with Gasteiger partial charge in [-0.2, -0.15) is 0 Å². The van der Waals surface area contributed by atoms with Crippen molar-refractivity contribution in [2.75, 3.05) is 7.11 Å². The number of carbonyl (C=O) groups excluding carboxylic acids is 1. The number of pyridine rings is 1. The number of hydrogen-bond donors (Lipinski definition) is 0. The molecule has 0 saturated heterocycles. The van der Waals surface area contributed by atoms with Gasteiger partial charge in [0.05, 0.1) is 18.4 Å². The molecule has 4 nitrogen and oxygen atoms in total. The number of aromatic nitrogens is 1. The topological polar surface area (TPSA) is 48.4 Å². The minimum absolute atomic E-state index is 0.351. The first-order valence-electron chi connectivity index (χ1n) is 6.02. The number of carbonyl (C=O) groups is 1. The number of esters is 1. The fourth-order valence-corrected chi connectivity index (χ4v) is 2.15. The van der Waals surface area contributed by atoms with Gasteiger partial charge in [-0.1, -0.05) is 15.9 Å². The molecule has 20 heavy (non-hydrogen) atoms. The Bertz CT molecular complexity index is 611. The van der Waals surface area contributed by atoms with Gasteiger partial charge in [-0.05, 0) is 42.8 Å². The van der Waals surface area contributed by atoms with Gasteiger partial charge in [-0.25, -0.2) is 4.79 Å². The Morgan fingerprint density at radius 1 is 1.30 bits per heavy atom. The molecule has 0 unspecified atom stereocenters. The summed E-state index contributed by atoms with van der Waals surface area (Å²) in [4.78, 5) is 15.5. The second-order valence-electron chi connectivity index (χ2n) is 4.23. The Morgan fingerprint density at radius 3 is 2.70 bits per heavy atom. The predicted molar refractivity (Wildman–Crippen MR) is 78.8 cm³/mol. The number of hydrogen-bond acceptors (Lipinski definition) is 4. The van der Waals surface area contributed by atoms with E-state index in [0.717, 1.165) is 21.5 Å². The zero-order valence-electron chi connectivity index (χ0n) is 11.2. The van der Waals surface area contributed by atoms with E-state index in [0.29, 0.717) is 12.2 Å². The molecule has 0 bridgehead atoms. The van der Waals surface area contributed by atoms with Crippen LogP contribution in [0, 0.1) is 6.92 Å². The molecule has 0 aliphatic carbocycles. The quantitative estimate of drug-likeness (QED) is 0.802. The molecule has 0 N–H and O–H groups in total. The minimum Gasteiger partial charge on any atom is -0.487 e. The molecule has 0 aliphatic rings. The summed E-state index contributed by atoms with van der Waals surface area (Å²) in [6.07, 6.45) is 1.49. The minimum atomic E-state index is -0.395. The molecule has 0 radical (unpaired) electrons. The van der Waals surface area contributed by atoms with Gasteiger partial charge in [0.1, 0.15) is 12.4 Å².